The van der Waals surface area contributed by atoms with Crippen LogP contribution in [0.2, 0.25) is 0 Å². The van der Waals surface area contributed by atoms with E-state index in [0.717, 1.165) is 39.7 Å². The SMILES string of the molecule is CCOC(=O)c1c(NC(=S)Nc2ccccc2C)sc2c1CCSC2. The van der Waals surface area contributed by atoms with Gasteiger partial charge in [-0.05, 0) is 55.4 Å². The molecule has 0 saturated carbocycles. The summed E-state index contributed by atoms with van der Waals surface area (Å²) in [7, 11) is 0. The number of para-hydroxylation sites is 1. The van der Waals surface area contributed by atoms with Gasteiger partial charge in [0.05, 0.1) is 12.2 Å². The zero-order valence-electron chi connectivity index (χ0n) is 14.2. The normalized spacial score (nSPS) is 13.0. The first-order chi connectivity index (χ1) is 12.1. The second kappa shape index (κ2) is 8.21. The number of hydrogen-bond donors (Lipinski definition) is 2. The van der Waals surface area contributed by atoms with Gasteiger partial charge in [0.1, 0.15) is 5.00 Å². The Hall–Kier alpha value is -1.57. The molecule has 0 atom stereocenters. The lowest BCUT2D eigenvalue weighted by Gasteiger charge is -2.13. The summed E-state index contributed by atoms with van der Waals surface area (Å²) in [6.07, 6.45) is 0.893. The van der Waals surface area contributed by atoms with Gasteiger partial charge in [0.25, 0.3) is 0 Å². The second-order valence-electron chi connectivity index (χ2n) is 5.63. The molecule has 0 saturated heterocycles. The molecule has 0 amide bonds. The van der Waals surface area contributed by atoms with Gasteiger partial charge in [-0.3, -0.25) is 0 Å². The zero-order chi connectivity index (χ0) is 17.8. The number of hydrogen-bond acceptors (Lipinski definition) is 5. The Morgan fingerprint density at radius 2 is 2.12 bits per heavy atom. The molecule has 0 aliphatic carbocycles. The molecule has 0 unspecified atom stereocenters. The van der Waals surface area contributed by atoms with E-state index in [2.05, 4.69) is 10.6 Å². The summed E-state index contributed by atoms with van der Waals surface area (Å²) < 4.78 is 5.27. The summed E-state index contributed by atoms with van der Waals surface area (Å²) in [5, 5.41) is 7.67. The highest BCUT2D eigenvalue weighted by Gasteiger charge is 2.27. The summed E-state index contributed by atoms with van der Waals surface area (Å²) in [5.41, 5.74) is 3.83. The van der Waals surface area contributed by atoms with Crippen LogP contribution in [0, 0.1) is 6.92 Å². The maximum Gasteiger partial charge on any atom is 0.341 e. The quantitative estimate of drug-likeness (QED) is 0.574. The Morgan fingerprint density at radius 1 is 1.32 bits per heavy atom. The predicted octanol–water partition coefficient (Wildman–Crippen LogP) is 4.83. The van der Waals surface area contributed by atoms with Gasteiger partial charge < -0.3 is 15.4 Å². The van der Waals surface area contributed by atoms with Crippen molar-refractivity contribution >= 4 is 57.1 Å². The lowest BCUT2D eigenvalue weighted by molar-refractivity contribution is 0.0527. The topological polar surface area (TPSA) is 50.4 Å². The Bertz CT molecular complexity index is 802. The second-order valence-corrected chi connectivity index (χ2v) is 8.24. The Kier molecular flexibility index (Phi) is 5.98. The van der Waals surface area contributed by atoms with Crippen molar-refractivity contribution in [3.8, 4) is 0 Å². The van der Waals surface area contributed by atoms with E-state index < -0.39 is 0 Å². The van der Waals surface area contributed by atoms with E-state index in [0.29, 0.717) is 17.3 Å². The van der Waals surface area contributed by atoms with E-state index in [4.69, 9.17) is 17.0 Å². The van der Waals surface area contributed by atoms with Crippen molar-refractivity contribution in [1.82, 2.24) is 0 Å². The fourth-order valence-electron chi connectivity index (χ4n) is 2.71. The molecular weight excluding hydrogens is 372 g/mol. The van der Waals surface area contributed by atoms with Crippen LogP contribution in [0.25, 0.3) is 0 Å². The fourth-order valence-corrected chi connectivity index (χ4v) is 5.36. The number of thioether (sulfide) groups is 1. The predicted molar refractivity (Wildman–Crippen MR) is 111 cm³/mol. The highest BCUT2D eigenvalue weighted by Crippen LogP contribution is 2.40. The van der Waals surface area contributed by atoms with Crippen molar-refractivity contribution in [3.05, 3.63) is 45.8 Å². The van der Waals surface area contributed by atoms with Crippen LogP contribution in [0.15, 0.2) is 24.3 Å². The van der Waals surface area contributed by atoms with E-state index in [-0.39, 0.29) is 5.97 Å². The third kappa shape index (κ3) is 4.16. The van der Waals surface area contributed by atoms with Crippen molar-refractivity contribution in [1.29, 1.82) is 0 Å². The summed E-state index contributed by atoms with van der Waals surface area (Å²) in [5.74, 6) is 1.70. The number of carbonyl (C=O) groups is 1. The Morgan fingerprint density at radius 3 is 2.88 bits per heavy atom. The summed E-state index contributed by atoms with van der Waals surface area (Å²) >= 11 is 8.95. The van der Waals surface area contributed by atoms with Crippen LogP contribution >= 0.6 is 35.3 Å². The van der Waals surface area contributed by atoms with Gasteiger partial charge in [0.15, 0.2) is 5.11 Å². The largest absolute Gasteiger partial charge is 0.462 e. The number of aryl methyl sites for hydroxylation is 1. The molecule has 1 aromatic carbocycles. The minimum atomic E-state index is -0.270. The lowest BCUT2D eigenvalue weighted by atomic mass is 10.1. The van der Waals surface area contributed by atoms with E-state index >= 15 is 0 Å². The van der Waals surface area contributed by atoms with E-state index in [1.54, 1.807) is 11.3 Å². The van der Waals surface area contributed by atoms with Crippen LogP contribution in [-0.2, 0) is 16.9 Å². The fraction of sp³-hybridized carbons (Fsp3) is 0.333. The van der Waals surface area contributed by atoms with E-state index in [1.807, 2.05) is 49.9 Å². The Balaban J connectivity index is 1.84. The van der Waals surface area contributed by atoms with Crippen LogP contribution in [-0.4, -0.2) is 23.4 Å². The smallest absolute Gasteiger partial charge is 0.341 e. The first kappa shape index (κ1) is 18.2. The van der Waals surface area contributed by atoms with Gasteiger partial charge in [0, 0.05) is 16.3 Å². The zero-order valence-corrected chi connectivity index (χ0v) is 16.6. The molecule has 0 spiro atoms. The maximum atomic E-state index is 12.5. The van der Waals surface area contributed by atoms with Crippen LogP contribution in [0.4, 0.5) is 10.7 Å². The molecule has 3 rings (SSSR count). The molecule has 7 heteroatoms. The molecule has 2 heterocycles. The molecule has 0 radical (unpaired) electrons. The van der Waals surface area contributed by atoms with Gasteiger partial charge >= 0.3 is 5.97 Å². The van der Waals surface area contributed by atoms with Crippen molar-refractivity contribution in [2.75, 3.05) is 23.0 Å². The summed E-state index contributed by atoms with van der Waals surface area (Å²) in [4.78, 5) is 13.7. The number of ether oxygens (including phenoxy) is 1. The standard InChI is InChI=1S/C18H20N2O2S3/c1-3-22-17(21)15-12-8-9-24-10-14(12)25-16(15)20-18(23)19-13-7-5-4-6-11(13)2/h4-7H,3,8-10H2,1-2H3,(H2,19,20,23). The van der Waals surface area contributed by atoms with Crippen molar-refractivity contribution in [2.45, 2.75) is 26.0 Å². The van der Waals surface area contributed by atoms with Gasteiger partial charge in [0.2, 0.25) is 0 Å². The maximum absolute atomic E-state index is 12.5. The number of rotatable bonds is 4. The third-order valence-electron chi connectivity index (χ3n) is 3.92. The number of thiocarbonyl (C=S) groups is 1. The molecule has 2 N–H and O–H groups in total. The van der Waals surface area contributed by atoms with Crippen molar-refractivity contribution < 1.29 is 9.53 Å². The van der Waals surface area contributed by atoms with Crippen LogP contribution in [0.5, 0.6) is 0 Å². The molecule has 25 heavy (non-hydrogen) atoms. The van der Waals surface area contributed by atoms with Crippen LogP contribution < -0.4 is 10.6 Å². The number of nitrogens with one attached hydrogen (secondary N) is 2. The highest BCUT2D eigenvalue weighted by molar-refractivity contribution is 7.98. The van der Waals surface area contributed by atoms with Crippen molar-refractivity contribution in [2.24, 2.45) is 0 Å². The lowest BCUT2D eigenvalue weighted by Crippen LogP contribution is -2.21. The molecule has 1 aromatic heterocycles. The minimum Gasteiger partial charge on any atom is -0.462 e. The molecule has 2 aromatic rings. The van der Waals surface area contributed by atoms with Gasteiger partial charge in [-0.1, -0.05) is 18.2 Å². The number of anilines is 2. The highest BCUT2D eigenvalue weighted by atomic mass is 32.2. The number of esters is 1. The van der Waals surface area contributed by atoms with E-state index in [1.165, 1.54) is 4.88 Å². The van der Waals surface area contributed by atoms with Gasteiger partial charge in [-0.15, -0.1) is 11.3 Å². The number of benzene rings is 1. The first-order valence-electron chi connectivity index (χ1n) is 8.13. The average Bonchev–Trinajstić information content (AvgIpc) is 2.95. The summed E-state index contributed by atoms with van der Waals surface area (Å²) in [6.45, 7) is 4.21. The molecule has 0 fully saturated rings. The van der Waals surface area contributed by atoms with Gasteiger partial charge in [-0.25, -0.2) is 4.79 Å². The third-order valence-corrected chi connectivity index (χ3v) is 6.44. The van der Waals surface area contributed by atoms with E-state index in [9.17, 15) is 4.79 Å². The monoisotopic (exact) mass is 392 g/mol. The van der Waals surface area contributed by atoms with Crippen LogP contribution in [0.3, 0.4) is 0 Å². The summed E-state index contributed by atoms with van der Waals surface area (Å²) in [6, 6.07) is 7.95. The van der Waals surface area contributed by atoms with Crippen LogP contribution in [0.1, 0.15) is 33.3 Å². The number of carbonyl (C=O) groups excluding carboxylic acids is 1. The first-order valence-corrected chi connectivity index (χ1v) is 10.5. The molecule has 4 nitrogen and oxygen atoms in total. The van der Waals surface area contributed by atoms with Crippen molar-refractivity contribution in [3.63, 3.8) is 0 Å². The molecular formula is C18H20N2O2S3. The minimum absolute atomic E-state index is 0.270. The Labute approximate surface area is 161 Å². The molecule has 1 aliphatic heterocycles. The molecule has 1 aliphatic rings. The average molecular weight is 393 g/mol. The molecule has 132 valence electrons. The van der Waals surface area contributed by atoms with Gasteiger partial charge in [-0.2, -0.15) is 11.8 Å². The number of thiophene rings is 1. The molecule has 0 bridgehead atoms. The number of fused-ring (bicyclic) bond motifs is 1.